The zero-order valence-corrected chi connectivity index (χ0v) is 9.89. The number of hydrogen-bond donors (Lipinski definition) is 0. The number of benzene rings is 1. The largest absolute Gasteiger partial charge is 0.462 e. The van der Waals surface area contributed by atoms with E-state index < -0.39 is 28.3 Å². The van der Waals surface area contributed by atoms with Crippen molar-refractivity contribution in [3.8, 4) is 6.07 Å². The van der Waals surface area contributed by atoms with Crippen LogP contribution in [0.25, 0.3) is 0 Å². The average Bonchev–Trinajstić information content (AvgIpc) is 2.27. The van der Waals surface area contributed by atoms with Crippen molar-refractivity contribution >= 4 is 17.6 Å². The molecular weight excluding hydrogens is 271 g/mol. The van der Waals surface area contributed by atoms with Crippen LogP contribution in [-0.2, 0) is 10.9 Å². The van der Waals surface area contributed by atoms with Gasteiger partial charge in [0.1, 0.15) is 6.07 Å². The fourth-order valence-electron chi connectivity index (χ4n) is 1.26. The molecule has 1 aromatic rings. The number of halogens is 4. The Balaban J connectivity index is 3.38. The van der Waals surface area contributed by atoms with Gasteiger partial charge in [0.15, 0.2) is 0 Å². The Bertz CT molecular complexity index is 520. The summed E-state index contributed by atoms with van der Waals surface area (Å²) in [7, 11) is 0. The van der Waals surface area contributed by atoms with Crippen LogP contribution in [-0.4, -0.2) is 12.6 Å². The van der Waals surface area contributed by atoms with Gasteiger partial charge in [0.25, 0.3) is 0 Å². The third-order valence-electron chi connectivity index (χ3n) is 2.03. The molecule has 0 atom stereocenters. The van der Waals surface area contributed by atoms with E-state index >= 15 is 0 Å². The standard InChI is InChI=1S/C11H7ClF3NO2/c1-2-18-10(17)7-4-9(12)8(11(13,14)15)3-6(7)5-16/h3-4H,2H2,1H3. The van der Waals surface area contributed by atoms with Gasteiger partial charge in [0.05, 0.1) is 28.3 Å². The number of nitrogens with zero attached hydrogens (tertiary/aromatic N) is 1. The molecule has 0 radical (unpaired) electrons. The molecule has 0 aliphatic carbocycles. The smallest absolute Gasteiger partial charge is 0.417 e. The molecule has 1 rings (SSSR count). The van der Waals surface area contributed by atoms with Crippen LogP contribution in [0.1, 0.15) is 28.4 Å². The van der Waals surface area contributed by atoms with Crippen molar-refractivity contribution in [1.29, 1.82) is 5.26 Å². The Morgan fingerprint density at radius 1 is 1.50 bits per heavy atom. The Morgan fingerprint density at radius 3 is 2.56 bits per heavy atom. The number of nitriles is 1. The highest BCUT2D eigenvalue weighted by Gasteiger charge is 2.34. The predicted molar refractivity (Wildman–Crippen MR) is 57.1 cm³/mol. The fraction of sp³-hybridized carbons (Fsp3) is 0.273. The Labute approximate surface area is 106 Å². The van der Waals surface area contributed by atoms with Crippen LogP contribution in [0.2, 0.25) is 5.02 Å². The molecule has 0 unspecified atom stereocenters. The van der Waals surface area contributed by atoms with Gasteiger partial charge in [0.2, 0.25) is 0 Å². The summed E-state index contributed by atoms with van der Waals surface area (Å²) in [5.41, 5.74) is -1.86. The van der Waals surface area contributed by atoms with Gasteiger partial charge in [-0.25, -0.2) is 4.79 Å². The van der Waals surface area contributed by atoms with Gasteiger partial charge < -0.3 is 4.74 Å². The van der Waals surface area contributed by atoms with Crippen molar-refractivity contribution in [2.45, 2.75) is 13.1 Å². The molecule has 0 fully saturated rings. The summed E-state index contributed by atoms with van der Waals surface area (Å²) >= 11 is 5.45. The highest BCUT2D eigenvalue weighted by atomic mass is 35.5. The quantitative estimate of drug-likeness (QED) is 0.778. The summed E-state index contributed by atoms with van der Waals surface area (Å²) in [6, 6.07) is 2.84. The second kappa shape index (κ2) is 5.27. The second-order valence-electron chi connectivity index (χ2n) is 3.21. The van der Waals surface area contributed by atoms with Gasteiger partial charge in [-0.15, -0.1) is 0 Å². The van der Waals surface area contributed by atoms with Crippen molar-refractivity contribution in [3.05, 3.63) is 33.8 Å². The number of carbonyl (C=O) groups excluding carboxylic acids is 1. The molecule has 0 aromatic heterocycles. The van der Waals surface area contributed by atoms with E-state index in [1.807, 2.05) is 0 Å². The molecule has 0 N–H and O–H groups in total. The van der Waals surface area contributed by atoms with E-state index in [4.69, 9.17) is 16.9 Å². The predicted octanol–water partition coefficient (Wildman–Crippen LogP) is 3.41. The second-order valence-corrected chi connectivity index (χ2v) is 3.61. The molecule has 0 aliphatic heterocycles. The summed E-state index contributed by atoms with van der Waals surface area (Å²) in [4.78, 5) is 11.4. The van der Waals surface area contributed by atoms with Crippen LogP contribution in [0.3, 0.4) is 0 Å². The fourth-order valence-corrected chi connectivity index (χ4v) is 1.53. The number of carbonyl (C=O) groups is 1. The minimum atomic E-state index is -4.68. The molecule has 0 saturated heterocycles. The highest BCUT2D eigenvalue weighted by molar-refractivity contribution is 6.31. The first-order valence-corrected chi connectivity index (χ1v) is 5.17. The van der Waals surface area contributed by atoms with Crippen molar-refractivity contribution < 1.29 is 22.7 Å². The first-order valence-electron chi connectivity index (χ1n) is 4.79. The molecular formula is C11H7ClF3NO2. The van der Waals surface area contributed by atoms with Crippen molar-refractivity contribution in [2.24, 2.45) is 0 Å². The van der Waals surface area contributed by atoms with Crippen LogP contribution >= 0.6 is 11.6 Å². The van der Waals surface area contributed by atoms with Crippen LogP contribution in [0.15, 0.2) is 12.1 Å². The SMILES string of the molecule is CCOC(=O)c1cc(Cl)c(C(F)(F)F)cc1C#N. The van der Waals surface area contributed by atoms with Crippen LogP contribution in [0.4, 0.5) is 13.2 Å². The maximum absolute atomic E-state index is 12.5. The number of hydrogen-bond acceptors (Lipinski definition) is 3. The molecule has 18 heavy (non-hydrogen) atoms. The molecule has 1 aromatic carbocycles. The lowest BCUT2D eigenvalue weighted by Crippen LogP contribution is -2.11. The lowest BCUT2D eigenvalue weighted by Gasteiger charge is -2.11. The molecule has 0 saturated carbocycles. The van der Waals surface area contributed by atoms with E-state index in [0.717, 1.165) is 6.07 Å². The lowest BCUT2D eigenvalue weighted by atomic mass is 10.0. The third kappa shape index (κ3) is 2.93. The molecule has 0 bridgehead atoms. The molecule has 0 aliphatic rings. The number of rotatable bonds is 2. The Kier molecular flexibility index (Phi) is 4.19. The molecule has 3 nitrogen and oxygen atoms in total. The summed E-state index contributed by atoms with van der Waals surface area (Å²) in [6.07, 6.45) is -4.68. The number of esters is 1. The van der Waals surface area contributed by atoms with E-state index in [-0.39, 0.29) is 12.2 Å². The zero-order chi connectivity index (χ0) is 13.9. The highest BCUT2D eigenvalue weighted by Crippen LogP contribution is 2.36. The van der Waals surface area contributed by atoms with Gasteiger partial charge >= 0.3 is 12.1 Å². The summed E-state index contributed by atoms with van der Waals surface area (Å²) < 4.78 is 42.2. The first-order chi connectivity index (χ1) is 8.31. The van der Waals surface area contributed by atoms with Crippen LogP contribution in [0.5, 0.6) is 0 Å². The van der Waals surface area contributed by atoms with E-state index in [1.165, 1.54) is 13.0 Å². The molecule has 0 amide bonds. The Hall–Kier alpha value is -1.74. The van der Waals surface area contributed by atoms with Gasteiger partial charge in [-0.3, -0.25) is 0 Å². The number of alkyl halides is 3. The topological polar surface area (TPSA) is 50.1 Å². The average molecular weight is 278 g/mol. The summed E-state index contributed by atoms with van der Waals surface area (Å²) in [6.45, 7) is 1.58. The van der Waals surface area contributed by atoms with E-state index in [0.29, 0.717) is 6.07 Å². The van der Waals surface area contributed by atoms with E-state index in [9.17, 15) is 18.0 Å². The van der Waals surface area contributed by atoms with Crippen LogP contribution < -0.4 is 0 Å². The van der Waals surface area contributed by atoms with Gasteiger partial charge in [0, 0.05) is 0 Å². The summed E-state index contributed by atoms with van der Waals surface area (Å²) in [5, 5.41) is 8.10. The third-order valence-corrected chi connectivity index (χ3v) is 2.34. The van der Waals surface area contributed by atoms with Gasteiger partial charge in [-0.2, -0.15) is 18.4 Å². The summed E-state index contributed by atoms with van der Waals surface area (Å²) in [5.74, 6) is -0.885. The Morgan fingerprint density at radius 2 is 2.11 bits per heavy atom. The number of ether oxygens (including phenoxy) is 1. The van der Waals surface area contributed by atoms with Crippen molar-refractivity contribution in [2.75, 3.05) is 6.61 Å². The molecule has 0 heterocycles. The normalized spacial score (nSPS) is 10.9. The van der Waals surface area contributed by atoms with E-state index in [2.05, 4.69) is 4.74 Å². The monoisotopic (exact) mass is 277 g/mol. The molecule has 96 valence electrons. The first kappa shape index (κ1) is 14.3. The maximum atomic E-state index is 12.5. The maximum Gasteiger partial charge on any atom is 0.417 e. The van der Waals surface area contributed by atoms with Gasteiger partial charge in [-0.05, 0) is 19.1 Å². The minimum absolute atomic E-state index is 0.0440. The van der Waals surface area contributed by atoms with Gasteiger partial charge in [-0.1, -0.05) is 11.6 Å². The van der Waals surface area contributed by atoms with E-state index in [1.54, 1.807) is 0 Å². The lowest BCUT2D eigenvalue weighted by molar-refractivity contribution is -0.137. The minimum Gasteiger partial charge on any atom is -0.462 e. The van der Waals surface area contributed by atoms with Crippen molar-refractivity contribution in [1.82, 2.24) is 0 Å². The zero-order valence-electron chi connectivity index (χ0n) is 9.14. The molecule has 0 spiro atoms. The van der Waals surface area contributed by atoms with Crippen molar-refractivity contribution in [3.63, 3.8) is 0 Å². The van der Waals surface area contributed by atoms with Crippen LogP contribution in [0, 0.1) is 11.3 Å². The molecule has 7 heteroatoms.